The van der Waals surface area contributed by atoms with Crippen molar-refractivity contribution in [2.24, 2.45) is 11.7 Å². The molecule has 3 nitrogen and oxygen atoms in total. The predicted octanol–water partition coefficient (Wildman–Crippen LogP) is 2.77. The van der Waals surface area contributed by atoms with Crippen LogP contribution in [0.4, 0.5) is 0 Å². The molecule has 0 aliphatic carbocycles. The number of ether oxygens (including phenoxy) is 1. The highest BCUT2D eigenvalue weighted by Crippen LogP contribution is 2.26. The maximum absolute atomic E-state index is 5.71. The second-order valence-electron chi connectivity index (χ2n) is 5.68. The second kappa shape index (κ2) is 6.40. The van der Waals surface area contributed by atoms with Gasteiger partial charge in [0.25, 0.3) is 0 Å². The zero-order chi connectivity index (χ0) is 13.8. The summed E-state index contributed by atoms with van der Waals surface area (Å²) >= 11 is 0. The highest BCUT2D eigenvalue weighted by atomic mass is 16.5. The first-order chi connectivity index (χ1) is 9.15. The lowest BCUT2D eigenvalue weighted by Crippen LogP contribution is -2.41. The summed E-state index contributed by atoms with van der Waals surface area (Å²) in [4.78, 5) is 2.57. The lowest BCUT2D eigenvalue weighted by Gasteiger charge is -2.38. The molecule has 0 spiro atoms. The van der Waals surface area contributed by atoms with E-state index in [1.807, 2.05) is 0 Å². The quantitative estimate of drug-likeness (QED) is 0.907. The number of hydrogen-bond donors (Lipinski definition) is 1. The summed E-state index contributed by atoms with van der Waals surface area (Å²) in [6, 6.07) is 7.06. The first-order valence-electron chi connectivity index (χ1n) is 7.25. The molecular formula is C16H26N2O. The van der Waals surface area contributed by atoms with Crippen LogP contribution < -0.4 is 10.5 Å². The summed E-state index contributed by atoms with van der Waals surface area (Å²) < 4.78 is 5.42. The van der Waals surface area contributed by atoms with Crippen LogP contribution in [0, 0.1) is 5.92 Å². The Morgan fingerprint density at radius 1 is 1.37 bits per heavy atom. The van der Waals surface area contributed by atoms with Crippen molar-refractivity contribution in [2.75, 3.05) is 13.7 Å². The number of rotatable bonds is 4. The molecule has 19 heavy (non-hydrogen) atoms. The monoisotopic (exact) mass is 262 g/mol. The van der Waals surface area contributed by atoms with Crippen molar-refractivity contribution in [2.45, 2.75) is 45.8 Å². The third kappa shape index (κ3) is 3.28. The van der Waals surface area contributed by atoms with Crippen molar-refractivity contribution >= 4 is 0 Å². The number of nitrogens with zero attached hydrogens (tertiary/aromatic N) is 1. The molecule has 1 heterocycles. The van der Waals surface area contributed by atoms with Crippen molar-refractivity contribution < 1.29 is 4.74 Å². The smallest absolute Gasteiger partial charge is 0.123 e. The van der Waals surface area contributed by atoms with Crippen LogP contribution in [0.5, 0.6) is 5.75 Å². The standard InChI is InChI=1S/C16H26N2O/c1-12-5-4-8-18(13(12)2)11-14-6-7-15(10-17)16(9-14)19-3/h6-7,9,12-13H,4-5,8,10-11,17H2,1-3H3. The summed E-state index contributed by atoms with van der Waals surface area (Å²) in [6.45, 7) is 7.43. The van der Waals surface area contributed by atoms with Gasteiger partial charge < -0.3 is 10.5 Å². The Bertz CT molecular complexity index is 419. The van der Waals surface area contributed by atoms with Gasteiger partial charge >= 0.3 is 0 Å². The van der Waals surface area contributed by atoms with Crippen LogP contribution in [-0.2, 0) is 13.1 Å². The number of methoxy groups -OCH3 is 1. The normalized spacial score (nSPS) is 24.4. The van der Waals surface area contributed by atoms with Gasteiger partial charge in [0.05, 0.1) is 7.11 Å². The molecule has 0 bridgehead atoms. The van der Waals surface area contributed by atoms with Crippen molar-refractivity contribution in [1.82, 2.24) is 4.90 Å². The van der Waals surface area contributed by atoms with Gasteiger partial charge in [-0.1, -0.05) is 19.1 Å². The molecule has 0 aromatic heterocycles. The SMILES string of the molecule is COc1cc(CN2CCCC(C)C2C)ccc1CN. The van der Waals surface area contributed by atoms with Gasteiger partial charge in [-0.15, -0.1) is 0 Å². The molecule has 106 valence electrons. The summed E-state index contributed by atoms with van der Waals surface area (Å²) in [7, 11) is 1.71. The van der Waals surface area contributed by atoms with Gasteiger partial charge in [0.2, 0.25) is 0 Å². The molecule has 1 aliphatic heterocycles. The van der Waals surface area contributed by atoms with E-state index >= 15 is 0 Å². The molecule has 1 aromatic carbocycles. The minimum absolute atomic E-state index is 0.528. The third-order valence-electron chi connectivity index (χ3n) is 4.46. The van der Waals surface area contributed by atoms with E-state index < -0.39 is 0 Å². The van der Waals surface area contributed by atoms with Gasteiger partial charge in [-0.2, -0.15) is 0 Å². The van der Waals surface area contributed by atoms with Gasteiger partial charge in [-0.3, -0.25) is 4.90 Å². The number of piperidine rings is 1. The predicted molar refractivity (Wildman–Crippen MR) is 79.2 cm³/mol. The topological polar surface area (TPSA) is 38.5 Å². The minimum atomic E-state index is 0.528. The first-order valence-corrected chi connectivity index (χ1v) is 7.25. The summed E-state index contributed by atoms with van der Waals surface area (Å²) in [5.41, 5.74) is 8.10. The van der Waals surface area contributed by atoms with E-state index in [0.29, 0.717) is 12.6 Å². The van der Waals surface area contributed by atoms with Crippen molar-refractivity contribution in [3.63, 3.8) is 0 Å². The highest BCUT2D eigenvalue weighted by molar-refractivity contribution is 5.37. The van der Waals surface area contributed by atoms with Crippen LogP contribution >= 0.6 is 0 Å². The van der Waals surface area contributed by atoms with Crippen LogP contribution in [0.2, 0.25) is 0 Å². The van der Waals surface area contributed by atoms with E-state index in [-0.39, 0.29) is 0 Å². The molecule has 0 radical (unpaired) electrons. The molecular weight excluding hydrogens is 236 g/mol. The van der Waals surface area contributed by atoms with Gasteiger partial charge in [0.15, 0.2) is 0 Å². The van der Waals surface area contributed by atoms with Gasteiger partial charge in [-0.05, 0) is 43.9 Å². The zero-order valence-electron chi connectivity index (χ0n) is 12.4. The average Bonchev–Trinajstić information content (AvgIpc) is 2.43. The Morgan fingerprint density at radius 2 is 2.16 bits per heavy atom. The average molecular weight is 262 g/mol. The Labute approximate surface area is 116 Å². The Morgan fingerprint density at radius 3 is 2.84 bits per heavy atom. The zero-order valence-corrected chi connectivity index (χ0v) is 12.4. The van der Waals surface area contributed by atoms with E-state index in [2.05, 4.69) is 36.9 Å². The summed E-state index contributed by atoms with van der Waals surface area (Å²) in [6.07, 6.45) is 2.66. The molecule has 2 atom stereocenters. The number of nitrogens with two attached hydrogens (primary N) is 1. The first kappa shape index (κ1) is 14.4. The molecule has 2 N–H and O–H groups in total. The molecule has 0 saturated carbocycles. The summed E-state index contributed by atoms with van der Waals surface area (Å²) in [5.74, 6) is 1.71. The van der Waals surface area contributed by atoms with Crippen LogP contribution in [0.15, 0.2) is 18.2 Å². The van der Waals surface area contributed by atoms with Crippen LogP contribution in [0.3, 0.4) is 0 Å². The maximum atomic E-state index is 5.71. The number of likely N-dealkylation sites (tertiary alicyclic amines) is 1. The van der Waals surface area contributed by atoms with E-state index in [0.717, 1.165) is 23.8 Å². The van der Waals surface area contributed by atoms with Gasteiger partial charge in [0.1, 0.15) is 5.75 Å². The van der Waals surface area contributed by atoms with Crippen LogP contribution in [-0.4, -0.2) is 24.6 Å². The fraction of sp³-hybridized carbons (Fsp3) is 0.625. The van der Waals surface area contributed by atoms with E-state index in [4.69, 9.17) is 10.5 Å². The third-order valence-corrected chi connectivity index (χ3v) is 4.46. The Kier molecular flexibility index (Phi) is 4.83. The van der Waals surface area contributed by atoms with Gasteiger partial charge in [-0.25, -0.2) is 0 Å². The molecule has 1 saturated heterocycles. The van der Waals surface area contributed by atoms with Crippen molar-refractivity contribution in [3.8, 4) is 5.75 Å². The largest absolute Gasteiger partial charge is 0.496 e. The van der Waals surface area contributed by atoms with E-state index in [9.17, 15) is 0 Å². The maximum Gasteiger partial charge on any atom is 0.123 e. The highest BCUT2D eigenvalue weighted by Gasteiger charge is 2.24. The Balaban J connectivity index is 2.10. The van der Waals surface area contributed by atoms with Crippen molar-refractivity contribution in [3.05, 3.63) is 29.3 Å². The Hall–Kier alpha value is -1.06. The minimum Gasteiger partial charge on any atom is -0.496 e. The molecule has 2 rings (SSSR count). The van der Waals surface area contributed by atoms with Crippen LogP contribution in [0.25, 0.3) is 0 Å². The lowest BCUT2D eigenvalue weighted by molar-refractivity contribution is 0.106. The molecule has 3 heteroatoms. The van der Waals surface area contributed by atoms with E-state index in [1.165, 1.54) is 24.9 Å². The molecule has 1 aliphatic rings. The lowest BCUT2D eigenvalue weighted by atomic mass is 9.91. The molecule has 0 amide bonds. The molecule has 1 aromatic rings. The molecule has 1 fully saturated rings. The fourth-order valence-corrected chi connectivity index (χ4v) is 2.93. The number of hydrogen-bond acceptors (Lipinski definition) is 3. The van der Waals surface area contributed by atoms with E-state index in [1.54, 1.807) is 7.11 Å². The fourth-order valence-electron chi connectivity index (χ4n) is 2.93. The number of benzene rings is 1. The van der Waals surface area contributed by atoms with Crippen molar-refractivity contribution in [1.29, 1.82) is 0 Å². The molecule has 2 unspecified atom stereocenters. The van der Waals surface area contributed by atoms with Gasteiger partial charge in [0, 0.05) is 24.7 Å². The summed E-state index contributed by atoms with van der Waals surface area (Å²) in [5, 5.41) is 0. The second-order valence-corrected chi connectivity index (χ2v) is 5.68. The van der Waals surface area contributed by atoms with Crippen LogP contribution in [0.1, 0.15) is 37.8 Å².